The molecule has 0 fully saturated rings. The topological polar surface area (TPSA) is 103 Å². The van der Waals surface area contributed by atoms with E-state index in [2.05, 4.69) is 10.6 Å². The number of carbonyl (C=O) groups excluding carboxylic acids is 3. The van der Waals surface area contributed by atoms with Gasteiger partial charge in [0.2, 0.25) is 5.91 Å². The van der Waals surface area contributed by atoms with Crippen LogP contribution in [0.4, 0.5) is 10.5 Å². The Balaban J connectivity index is 2.11. The lowest BCUT2D eigenvalue weighted by Gasteiger charge is -2.23. The molecular formula is C23H28N2O6. The summed E-state index contributed by atoms with van der Waals surface area (Å²) in [6.07, 6.45) is -0.753. The molecule has 0 saturated carbocycles. The number of carbonyl (C=O) groups is 3. The molecule has 0 bridgehead atoms. The van der Waals surface area contributed by atoms with Crippen LogP contribution in [0.25, 0.3) is 0 Å². The molecule has 0 radical (unpaired) electrons. The average Bonchev–Trinajstić information content (AvgIpc) is 2.72. The third-order valence-electron chi connectivity index (χ3n) is 3.99. The Labute approximate surface area is 181 Å². The van der Waals surface area contributed by atoms with Gasteiger partial charge in [0.25, 0.3) is 0 Å². The lowest BCUT2D eigenvalue weighted by atomic mass is 10.1. The summed E-state index contributed by atoms with van der Waals surface area (Å²) in [6.45, 7) is 5.33. The third kappa shape index (κ3) is 8.10. The maximum Gasteiger partial charge on any atom is 0.408 e. The fraction of sp³-hybridized carbons (Fsp3) is 0.348. The van der Waals surface area contributed by atoms with Crippen molar-refractivity contribution in [1.29, 1.82) is 0 Å². The molecule has 0 spiro atoms. The fourth-order valence-electron chi connectivity index (χ4n) is 2.60. The molecule has 2 amide bonds. The maximum absolute atomic E-state index is 12.9. The highest BCUT2D eigenvalue weighted by atomic mass is 16.6. The zero-order valence-corrected chi connectivity index (χ0v) is 18.1. The lowest BCUT2D eigenvalue weighted by Crippen LogP contribution is -2.48. The van der Waals surface area contributed by atoms with Gasteiger partial charge in [0, 0.05) is 0 Å². The predicted octanol–water partition coefficient (Wildman–Crippen LogP) is 3.52. The normalized spacial score (nSPS) is 11.9. The number of anilines is 1. The molecule has 31 heavy (non-hydrogen) atoms. The first kappa shape index (κ1) is 23.9. The van der Waals surface area contributed by atoms with Gasteiger partial charge in [-0.05, 0) is 38.5 Å². The Hall–Kier alpha value is -3.39. The highest BCUT2D eigenvalue weighted by molar-refractivity contribution is 6.03. The fourth-order valence-corrected chi connectivity index (χ4v) is 2.60. The minimum absolute atomic E-state index is 0.0969. The molecule has 8 heteroatoms. The molecule has 1 atom stereocenters. The molecule has 2 aromatic carbocycles. The van der Waals surface area contributed by atoms with Crippen LogP contribution in [-0.2, 0) is 25.6 Å². The van der Waals surface area contributed by atoms with E-state index in [-0.39, 0.29) is 24.5 Å². The van der Waals surface area contributed by atoms with E-state index < -0.39 is 29.6 Å². The zero-order chi connectivity index (χ0) is 22.9. The van der Waals surface area contributed by atoms with Crippen LogP contribution in [-0.4, -0.2) is 43.3 Å². The van der Waals surface area contributed by atoms with Crippen LogP contribution in [0.15, 0.2) is 54.6 Å². The van der Waals surface area contributed by atoms with Crippen molar-refractivity contribution >= 4 is 23.7 Å². The van der Waals surface area contributed by atoms with E-state index in [0.29, 0.717) is 0 Å². The third-order valence-corrected chi connectivity index (χ3v) is 3.99. The molecule has 0 aliphatic rings. The second kappa shape index (κ2) is 11.1. The molecule has 0 unspecified atom stereocenters. The van der Waals surface area contributed by atoms with Gasteiger partial charge in [0.1, 0.15) is 11.6 Å². The lowest BCUT2D eigenvalue weighted by molar-refractivity contribution is -0.119. The molecule has 0 aromatic heterocycles. The minimum Gasteiger partial charge on any atom is -0.465 e. The molecule has 0 saturated heterocycles. The quantitative estimate of drug-likeness (QED) is 0.624. The van der Waals surface area contributed by atoms with Gasteiger partial charge in [-0.25, -0.2) is 9.59 Å². The summed E-state index contributed by atoms with van der Waals surface area (Å²) in [5, 5.41) is 5.18. The van der Waals surface area contributed by atoms with E-state index >= 15 is 0 Å². The van der Waals surface area contributed by atoms with Crippen LogP contribution in [0.1, 0.15) is 36.7 Å². The number of hydrogen-bond acceptors (Lipinski definition) is 6. The molecular weight excluding hydrogens is 400 g/mol. The van der Waals surface area contributed by atoms with E-state index in [1.807, 2.05) is 30.3 Å². The molecule has 0 aliphatic heterocycles. The molecule has 0 heterocycles. The first-order chi connectivity index (χ1) is 14.7. The molecule has 0 aliphatic carbocycles. The Morgan fingerprint density at radius 2 is 1.61 bits per heavy atom. The molecule has 2 rings (SSSR count). The minimum atomic E-state index is -1.05. The Morgan fingerprint density at radius 1 is 0.968 bits per heavy atom. The van der Waals surface area contributed by atoms with Gasteiger partial charge in [-0.2, -0.15) is 0 Å². The van der Waals surface area contributed by atoms with Crippen LogP contribution < -0.4 is 10.6 Å². The Bertz CT molecular complexity index is 892. The first-order valence-corrected chi connectivity index (χ1v) is 9.79. The van der Waals surface area contributed by atoms with E-state index in [1.54, 1.807) is 39.0 Å². The van der Waals surface area contributed by atoms with Gasteiger partial charge in [0.15, 0.2) is 0 Å². The second-order valence-electron chi connectivity index (χ2n) is 7.73. The van der Waals surface area contributed by atoms with Crippen molar-refractivity contribution in [2.24, 2.45) is 0 Å². The van der Waals surface area contributed by atoms with Crippen molar-refractivity contribution < 1.29 is 28.6 Å². The van der Waals surface area contributed by atoms with Crippen LogP contribution in [0, 0.1) is 0 Å². The van der Waals surface area contributed by atoms with Crippen molar-refractivity contribution in [3.8, 4) is 0 Å². The number of hydrogen-bond donors (Lipinski definition) is 2. The van der Waals surface area contributed by atoms with Gasteiger partial charge in [-0.3, -0.25) is 4.79 Å². The van der Waals surface area contributed by atoms with Crippen LogP contribution in [0.3, 0.4) is 0 Å². The van der Waals surface area contributed by atoms with E-state index in [9.17, 15) is 14.4 Å². The standard InChI is InChI=1S/C23H28N2O6/c1-23(2,3)31-22(28)25-19(15-30-14-16-10-6-5-7-11-16)20(26)24-18-13-9-8-12-17(18)21(27)29-4/h5-13,19H,14-15H2,1-4H3,(H,24,26)(H,25,28)/t19-/m0/s1. The van der Waals surface area contributed by atoms with E-state index in [0.717, 1.165) is 5.56 Å². The number of rotatable bonds is 8. The van der Waals surface area contributed by atoms with E-state index in [1.165, 1.54) is 13.2 Å². The van der Waals surface area contributed by atoms with Crippen molar-refractivity contribution in [3.05, 3.63) is 65.7 Å². The molecule has 2 aromatic rings. The molecule has 166 valence electrons. The number of para-hydroxylation sites is 1. The van der Waals surface area contributed by atoms with Crippen molar-refractivity contribution in [1.82, 2.24) is 5.32 Å². The summed E-state index contributed by atoms with van der Waals surface area (Å²) in [5.41, 5.74) is 0.654. The van der Waals surface area contributed by atoms with Gasteiger partial charge >= 0.3 is 12.1 Å². The number of esters is 1. The van der Waals surface area contributed by atoms with Gasteiger partial charge in [-0.15, -0.1) is 0 Å². The summed E-state index contributed by atoms with van der Waals surface area (Å²) in [6, 6.07) is 14.8. The Kier molecular flexibility index (Phi) is 8.57. The zero-order valence-electron chi connectivity index (χ0n) is 18.1. The largest absolute Gasteiger partial charge is 0.465 e. The van der Waals surface area contributed by atoms with Gasteiger partial charge in [0.05, 0.1) is 31.6 Å². The number of amides is 2. The van der Waals surface area contributed by atoms with E-state index in [4.69, 9.17) is 14.2 Å². The first-order valence-electron chi connectivity index (χ1n) is 9.79. The number of nitrogens with one attached hydrogen (secondary N) is 2. The van der Waals surface area contributed by atoms with Crippen molar-refractivity contribution in [3.63, 3.8) is 0 Å². The van der Waals surface area contributed by atoms with Crippen LogP contribution >= 0.6 is 0 Å². The van der Waals surface area contributed by atoms with Crippen LogP contribution in [0.5, 0.6) is 0 Å². The molecule has 8 nitrogen and oxygen atoms in total. The average molecular weight is 428 g/mol. The monoisotopic (exact) mass is 428 g/mol. The Morgan fingerprint density at radius 3 is 2.26 bits per heavy atom. The number of benzene rings is 2. The summed E-state index contributed by atoms with van der Waals surface area (Å²) < 4.78 is 15.6. The summed E-state index contributed by atoms with van der Waals surface area (Å²) in [5.74, 6) is -1.15. The highest BCUT2D eigenvalue weighted by Gasteiger charge is 2.26. The SMILES string of the molecule is COC(=O)c1ccccc1NC(=O)[C@H](COCc1ccccc1)NC(=O)OC(C)(C)C. The number of alkyl carbamates (subject to hydrolysis) is 1. The molecule has 2 N–H and O–H groups in total. The van der Waals surface area contributed by atoms with Gasteiger partial charge < -0.3 is 24.8 Å². The summed E-state index contributed by atoms with van der Waals surface area (Å²) in [4.78, 5) is 37.1. The van der Waals surface area contributed by atoms with Crippen LogP contribution in [0.2, 0.25) is 0 Å². The van der Waals surface area contributed by atoms with Crippen molar-refractivity contribution in [2.75, 3.05) is 19.0 Å². The maximum atomic E-state index is 12.9. The van der Waals surface area contributed by atoms with Gasteiger partial charge in [-0.1, -0.05) is 42.5 Å². The van der Waals surface area contributed by atoms with Crippen molar-refractivity contribution in [2.45, 2.75) is 39.0 Å². The predicted molar refractivity (Wildman–Crippen MR) is 116 cm³/mol. The second-order valence-corrected chi connectivity index (χ2v) is 7.73. The number of methoxy groups -OCH3 is 1. The summed E-state index contributed by atoms with van der Waals surface area (Å²) in [7, 11) is 1.26. The summed E-state index contributed by atoms with van der Waals surface area (Å²) >= 11 is 0. The smallest absolute Gasteiger partial charge is 0.408 e. The highest BCUT2D eigenvalue weighted by Crippen LogP contribution is 2.16. The number of ether oxygens (including phenoxy) is 3.